The van der Waals surface area contributed by atoms with Crippen LogP contribution in [0.2, 0.25) is 5.02 Å². The number of likely N-dealkylation sites (tertiary alicyclic amines) is 1. The molecule has 1 saturated heterocycles. The Labute approximate surface area is 168 Å². The average Bonchev–Trinajstić information content (AvgIpc) is 2.64. The van der Waals surface area contributed by atoms with Crippen LogP contribution in [0.15, 0.2) is 18.2 Å². The zero-order valence-corrected chi connectivity index (χ0v) is 17.1. The van der Waals surface area contributed by atoms with Crippen LogP contribution in [0, 0.1) is 5.92 Å². The molecule has 1 aliphatic heterocycles. The highest BCUT2D eigenvalue weighted by atomic mass is 35.5. The van der Waals surface area contributed by atoms with Gasteiger partial charge in [0.1, 0.15) is 5.75 Å². The van der Waals surface area contributed by atoms with Crippen molar-refractivity contribution in [3.05, 3.63) is 28.8 Å². The van der Waals surface area contributed by atoms with Gasteiger partial charge in [-0.25, -0.2) is 0 Å². The van der Waals surface area contributed by atoms with Crippen molar-refractivity contribution in [1.29, 1.82) is 0 Å². The van der Waals surface area contributed by atoms with E-state index in [-0.39, 0.29) is 24.4 Å². The Morgan fingerprint density at radius 1 is 1.19 bits per heavy atom. The van der Waals surface area contributed by atoms with Crippen LogP contribution in [0.5, 0.6) is 5.75 Å². The molecule has 1 amide bonds. The Balaban J connectivity index is 0.00000243. The van der Waals surface area contributed by atoms with E-state index >= 15 is 0 Å². The minimum absolute atomic E-state index is 0. The third-order valence-corrected chi connectivity index (χ3v) is 5.81. The molecule has 0 spiro atoms. The van der Waals surface area contributed by atoms with Crippen molar-refractivity contribution in [3.8, 4) is 5.75 Å². The number of benzene rings is 1. The molecule has 0 unspecified atom stereocenters. The molecular weight excluding hydrogens is 371 g/mol. The summed E-state index contributed by atoms with van der Waals surface area (Å²) >= 11 is 6.03. The first kappa shape index (κ1) is 21.3. The molecule has 4 nitrogen and oxygen atoms in total. The maximum absolute atomic E-state index is 12.6. The standard InChI is InChI=1S/C20H29ClN2O2.ClH/c1-25-19-8-7-16(21)13-18(19)20(24)22-17-9-11-23(12-10-17)14-15-5-3-2-4-6-15;/h7-8,13,15,17H,2-6,9-12,14H2,1H3,(H,22,24);1H. The number of ether oxygens (including phenoxy) is 1. The average molecular weight is 401 g/mol. The quantitative estimate of drug-likeness (QED) is 0.788. The Morgan fingerprint density at radius 2 is 1.88 bits per heavy atom. The third kappa shape index (κ3) is 5.77. The van der Waals surface area contributed by atoms with Crippen LogP contribution in [-0.4, -0.2) is 43.6 Å². The van der Waals surface area contributed by atoms with Crippen molar-refractivity contribution < 1.29 is 9.53 Å². The fourth-order valence-electron chi connectivity index (χ4n) is 4.12. The zero-order chi connectivity index (χ0) is 17.6. The van der Waals surface area contributed by atoms with Crippen molar-refractivity contribution in [2.75, 3.05) is 26.7 Å². The second-order valence-electron chi connectivity index (χ2n) is 7.40. The molecule has 26 heavy (non-hydrogen) atoms. The fraction of sp³-hybridized carbons (Fsp3) is 0.650. The van der Waals surface area contributed by atoms with Gasteiger partial charge in [-0.05, 0) is 49.8 Å². The molecule has 0 radical (unpaired) electrons. The molecule has 1 aliphatic carbocycles. The Morgan fingerprint density at radius 3 is 2.54 bits per heavy atom. The molecule has 1 aromatic rings. The minimum Gasteiger partial charge on any atom is -0.496 e. The monoisotopic (exact) mass is 400 g/mol. The second-order valence-corrected chi connectivity index (χ2v) is 7.83. The van der Waals surface area contributed by atoms with E-state index in [4.69, 9.17) is 16.3 Å². The first-order chi connectivity index (χ1) is 12.2. The number of nitrogens with zero attached hydrogens (tertiary/aromatic N) is 1. The van der Waals surface area contributed by atoms with E-state index in [0.29, 0.717) is 16.3 Å². The molecule has 1 aromatic carbocycles. The Bertz CT molecular complexity index is 583. The van der Waals surface area contributed by atoms with E-state index in [0.717, 1.165) is 31.8 Å². The first-order valence-corrected chi connectivity index (χ1v) is 9.90. The number of nitrogens with one attached hydrogen (secondary N) is 1. The normalized spacial score (nSPS) is 19.6. The molecule has 6 heteroatoms. The second kappa shape index (κ2) is 10.4. The van der Waals surface area contributed by atoms with Crippen LogP contribution in [0.3, 0.4) is 0 Å². The van der Waals surface area contributed by atoms with Gasteiger partial charge in [0.2, 0.25) is 0 Å². The molecule has 146 valence electrons. The maximum atomic E-state index is 12.6. The van der Waals surface area contributed by atoms with Crippen molar-refractivity contribution >= 4 is 29.9 Å². The van der Waals surface area contributed by atoms with Gasteiger partial charge in [0.15, 0.2) is 0 Å². The van der Waals surface area contributed by atoms with Crippen molar-refractivity contribution in [3.63, 3.8) is 0 Å². The highest BCUT2D eigenvalue weighted by molar-refractivity contribution is 6.31. The lowest BCUT2D eigenvalue weighted by atomic mass is 9.88. The summed E-state index contributed by atoms with van der Waals surface area (Å²) in [5.74, 6) is 1.36. The molecule has 1 N–H and O–H groups in total. The number of piperidine rings is 1. The summed E-state index contributed by atoms with van der Waals surface area (Å²) in [6.45, 7) is 3.39. The summed E-state index contributed by atoms with van der Waals surface area (Å²) < 4.78 is 5.28. The van der Waals surface area contributed by atoms with E-state index in [9.17, 15) is 4.79 Å². The molecule has 2 fully saturated rings. The van der Waals surface area contributed by atoms with E-state index < -0.39 is 0 Å². The largest absolute Gasteiger partial charge is 0.496 e. The zero-order valence-electron chi connectivity index (χ0n) is 15.5. The summed E-state index contributed by atoms with van der Waals surface area (Å²) in [5, 5.41) is 3.71. The number of carbonyl (C=O) groups excluding carboxylic acids is 1. The van der Waals surface area contributed by atoms with Gasteiger partial charge < -0.3 is 15.0 Å². The number of halogens is 2. The van der Waals surface area contributed by atoms with Gasteiger partial charge >= 0.3 is 0 Å². The topological polar surface area (TPSA) is 41.6 Å². The number of hydrogen-bond acceptors (Lipinski definition) is 3. The fourth-order valence-corrected chi connectivity index (χ4v) is 4.29. The van der Waals surface area contributed by atoms with Crippen LogP contribution in [0.1, 0.15) is 55.3 Å². The highest BCUT2D eigenvalue weighted by Crippen LogP contribution is 2.26. The van der Waals surface area contributed by atoms with Crippen LogP contribution >= 0.6 is 24.0 Å². The SMILES string of the molecule is COc1ccc(Cl)cc1C(=O)NC1CCN(CC2CCCCC2)CC1.Cl. The maximum Gasteiger partial charge on any atom is 0.255 e. The van der Waals surface area contributed by atoms with Crippen LogP contribution < -0.4 is 10.1 Å². The van der Waals surface area contributed by atoms with E-state index in [2.05, 4.69) is 10.2 Å². The molecule has 1 saturated carbocycles. The minimum atomic E-state index is -0.0925. The van der Waals surface area contributed by atoms with Crippen molar-refractivity contribution in [2.45, 2.75) is 51.0 Å². The first-order valence-electron chi connectivity index (χ1n) is 9.52. The van der Waals surface area contributed by atoms with Crippen LogP contribution in [-0.2, 0) is 0 Å². The van der Waals surface area contributed by atoms with E-state index in [1.165, 1.54) is 38.6 Å². The Hall–Kier alpha value is -0.970. The van der Waals surface area contributed by atoms with Gasteiger partial charge in [-0.2, -0.15) is 0 Å². The summed E-state index contributed by atoms with van der Waals surface area (Å²) in [5.41, 5.74) is 0.514. The number of methoxy groups -OCH3 is 1. The predicted octanol–water partition coefficient (Wildman–Crippen LogP) is 4.54. The van der Waals surface area contributed by atoms with Gasteiger partial charge in [0, 0.05) is 30.7 Å². The number of carbonyl (C=O) groups is 1. The van der Waals surface area contributed by atoms with Crippen molar-refractivity contribution in [1.82, 2.24) is 10.2 Å². The smallest absolute Gasteiger partial charge is 0.255 e. The molecule has 3 rings (SSSR count). The molecule has 2 aliphatic rings. The molecular formula is C20H30Cl2N2O2. The number of rotatable bonds is 5. The number of amides is 1. The third-order valence-electron chi connectivity index (χ3n) is 5.57. The Kier molecular flexibility index (Phi) is 8.52. The summed E-state index contributed by atoms with van der Waals surface area (Å²) in [4.78, 5) is 15.2. The van der Waals surface area contributed by atoms with Gasteiger partial charge in [-0.3, -0.25) is 4.79 Å². The summed E-state index contributed by atoms with van der Waals surface area (Å²) in [6.07, 6.45) is 9.04. The van der Waals surface area contributed by atoms with E-state index in [1.807, 2.05) is 0 Å². The molecule has 1 heterocycles. The van der Waals surface area contributed by atoms with Gasteiger partial charge in [0.25, 0.3) is 5.91 Å². The predicted molar refractivity (Wildman–Crippen MR) is 109 cm³/mol. The van der Waals surface area contributed by atoms with Crippen LogP contribution in [0.4, 0.5) is 0 Å². The lowest BCUT2D eigenvalue weighted by Gasteiger charge is -2.35. The molecule has 0 aromatic heterocycles. The van der Waals surface area contributed by atoms with Crippen molar-refractivity contribution in [2.24, 2.45) is 5.92 Å². The molecule has 0 atom stereocenters. The highest BCUT2D eigenvalue weighted by Gasteiger charge is 2.24. The van der Waals surface area contributed by atoms with E-state index in [1.54, 1.807) is 25.3 Å². The summed E-state index contributed by atoms with van der Waals surface area (Å²) in [6, 6.07) is 5.39. The lowest BCUT2D eigenvalue weighted by Crippen LogP contribution is -2.46. The lowest BCUT2D eigenvalue weighted by molar-refractivity contribution is 0.0898. The number of hydrogen-bond donors (Lipinski definition) is 1. The van der Waals surface area contributed by atoms with Gasteiger partial charge in [-0.15, -0.1) is 12.4 Å². The van der Waals surface area contributed by atoms with Crippen LogP contribution in [0.25, 0.3) is 0 Å². The summed E-state index contributed by atoms with van der Waals surface area (Å²) in [7, 11) is 1.57. The van der Waals surface area contributed by atoms with Gasteiger partial charge in [-0.1, -0.05) is 30.9 Å². The molecule has 0 bridgehead atoms. The van der Waals surface area contributed by atoms with Gasteiger partial charge in [0.05, 0.1) is 12.7 Å².